The zero-order chi connectivity index (χ0) is 15.1. The van der Waals surface area contributed by atoms with Gasteiger partial charge in [0, 0.05) is 13.0 Å². The molecule has 0 atom stereocenters. The molecule has 6 nitrogen and oxygen atoms in total. The first-order chi connectivity index (χ1) is 8.68. The van der Waals surface area contributed by atoms with Crippen molar-refractivity contribution in [3.05, 3.63) is 0 Å². The van der Waals surface area contributed by atoms with Gasteiger partial charge in [0.1, 0.15) is 6.54 Å². The maximum atomic E-state index is 11.8. The third-order valence-electron chi connectivity index (χ3n) is 2.39. The fourth-order valence-corrected chi connectivity index (χ4v) is 3.39. The lowest BCUT2D eigenvalue weighted by Crippen LogP contribution is -2.37. The Bertz CT molecular complexity index is 402. The van der Waals surface area contributed by atoms with Gasteiger partial charge in [0.15, 0.2) is 9.84 Å². The van der Waals surface area contributed by atoms with Crippen LogP contribution in [0.2, 0.25) is 0 Å². The highest BCUT2D eigenvalue weighted by Gasteiger charge is 2.20. The Morgan fingerprint density at radius 1 is 1.26 bits per heavy atom. The van der Waals surface area contributed by atoms with E-state index >= 15 is 0 Å². The minimum absolute atomic E-state index is 0.0193. The molecule has 19 heavy (non-hydrogen) atoms. The number of carbonyl (C=O) groups excluding carboxylic acids is 1. The molecular weight excluding hydrogens is 270 g/mol. The fourth-order valence-electron chi connectivity index (χ4n) is 1.72. The SMILES string of the molecule is CCCN(CC(=O)O)C(=O)CCS(=O)(=O)CC(C)C. The Morgan fingerprint density at radius 3 is 2.26 bits per heavy atom. The first kappa shape index (κ1) is 17.9. The van der Waals surface area contributed by atoms with Crippen LogP contribution in [-0.4, -0.2) is 54.9 Å². The van der Waals surface area contributed by atoms with Crippen LogP contribution in [-0.2, 0) is 19.4 Å². The first-order valence-corrected chi connectivity index (χ1v) is 8.20. The molecule has 0 aliphatic rings. The van der Waals surface area contributed by atoms with Crippen LogP contribution in [0.1, 0.15) is 33.6 Å². The predicted molar refractivity (Wildman–Crippen MR) is 72.6 cm³/mol. The summed E-state index contributed by atoms with van der Waals surface area (Å²) in [5.41, 5.74) is 0. The van der Waals surface area contributed by atoms with E-state index in [2.05, 4.69) is 0 Å². The van der Waals surface area contributed by atoms with E-state index in [4.69, 9.17) is 5.11 Å². The Hall–Kier alpha value is -1.11. The van der Waals surface area contributed by atoms with Gasteiger partial charge in [-0.3, -0.25) is 9.59 Å². The largest absolute Gasteiger partial charge is 0.480 e. The van der Waals surface area contributed by atoms with Gasteiger partial charge in [-0.05, 0) is 12.3 Å². The monoisotopic (exact) mass is 293 g/mol. The van der Waals surface area contributed by atoms with Gasteiger partial charge in [0.2, 0.25) is 5.91 Å². The average molecular weight is 293 g/mol. The van der Waals surface area contributed by atoms with Gasteiger partial charge < -0.3 is 10.0 Å². The van der Waals surface area contributed by atoms with Gasteiger partial charge in [0.05, 0.1) is 11.5 Å². The molecule has 0 aromatic carbocycles. The summed E-state index contributed by atoms with van der Waals surface area (Å²) in [7, 11) is -3.25. The van der Waals surface area contributed by atoms with E-state index in [0.29, 0.717) is 13.0 Å². The van der Waals surface area contributed by atoms with Crippen molar-refractivity contribution in [1.82, 2.24) is 4.90 Å². The first-order valence-electron chi connectivity index (χ1n) is 6.38. The highest BCUT2D eigenvalue weighted by atomic mass is 32.2. The average Bonchev–Trinajstić information content (AvgIpc) is 2.23. The van der Waals surface area contributed by atoms with Crippen LogP contribution in [0.3, 0.4) is 0 Å². The van der Waals surface area contributed by atoms with Crippen LogP contribution in [0.4, 0.5) is 0 Å². The second-order valence-corrected chi connectivity index (χ2v) is 7.20. The molecule has 0 aromatic heterocycles. The van der Waals surface area contributed by atoms with E-state index in [-0.39, 0.29) is 30.4 Å². The standard InChI is InChI=1S/C12H23NO5S/c1-4-6-13(8-12(15)16)11(14)5-7-19(17,18)9-10(2)3/h10H,4-9H2,1-3H3,(H,15,16). The zero-order valence-corrected chi connectivity index (χ0v) is 12.6. The zero-order valence-electron chi connectivity index (χ0n) is 11.8. The Labute approximate surface area is 114 Å². The minimum atomic E-state index is -3.25. The Kier molecular flexibility index (Phi) is 7.66. The summed E-state index contributed by atoms with van der Waals surface area (Å²) in [6.07, 6.45) is 0.486. The molecule has 0 heterocycles. The molecule has 0 aliphatic carbocycles. The predicted octanol–water partition coefficient (Wildman–Crippen LogP) is 0.770. The number of carboxylic acids is 1. The van der Waals surface area contributed by atoms with Crippen LogP contribution in [0, 0.1) is 5.92 Å². The van der Waals surface area contributed by atoms with Crippen molar-refractivity contribution in [3.63, 3.8) is 0 Å². The molecule has 0 unspecified atom stereocenters. The van der Waals surface area contributed by atoms with E-state index < -0.39 is 21.7 Å². The highest BCUT2D eigenvalue weighted by Crippen LogP contribution is 2.05. The molecule has 0 saturated carbocycles. The Balaban J connectivity index is 4.44. The highest BCUT2D eigenvalue weighted by molar-refractivity contribution is 7.91. The lowest BCUT2D eigenvalue weighted by Gasteiger charge is -2.19. The van der Waals surface area contributed by atoms with Crippen LogP contribution in [0.25, 0.3) is 0 Å². The van der Waals surface area contributed by atoms with Crippen LogP contribution in [0.15, 0.2) is 0 Å². The number of nitrogens with zero attached hydrogens (tertiary/aromatic N) is 1. The van der Waals surface area contributed by atoms with Crippen molar-refractivity contribution in [2.75, 3.05) is 24.6 Å². The summed E-state index contributed by atoms with van der Waals surface area (Å²) in [5.74, 6) is -1.66. The topological polar surface area (TPSA) is 91.8 Å². The van der Waals surface area contributed by atoms with E-state index in [9.17, 15) is 18.0 Å². The molecule has 112 valence electrons. The van der Waals surface area contributed by atoms with Gasteiger partial charge >= 0.3 is 5.97 Å². The van der Waals surface area contributed by atoms with Crippen molar-refractivity contribution >= 4 is 21.7 Å². The fraction of sp³-hybridized carbons (Fsp3) is 0.833. The molecule has 0 aliphatic heterocycles. The number of rotatable bonds is 9. The van der Waals surface area contributed by atoms with Crippen LogP contribution < -0.4 is 0 Å². The van der Waals surface area contributed by atoms with Gasteiger partial charge in [-0.25, -0.2) is 8.42 Å². The van der Waals surface area contributed by atoms with Crippen LogP contribution in [0.5, 0.6) is 0 Å². The summed E-state index contributed by atoms with van der Waals surface area (Å²) >= 11 is 0. The van der Waals surface area contributed by atoms with E-state index in [0.717, 1.165) is 0 Å². The third-order valence-corrected chi connectivity index (χ3v) is 4.39. The van der Waals surface area contributed by atoms with Crippen molar-refractivity contribution < 1.29 is 23.1 Å². The summed E-state index contributed by atoms with van der Waals surface area (Å²) < 4.78 is 23.3. The molecule has 0 aromatic rings. The number of amides is 1. The van der Waals surface area contributed by atoms with E-state index in [1.807, 2.05) is 6.92 Å². The lowest BCUT2D eigenvalue weighted by molar-refractivity contribution is -0.144. The molecule has 1 N–H and O–H groups in total. The third kappa shape index (κ3) is 8.58. The maximum Gasteiger partial charge on any atom is 0.323 e. The normalized spacial score (nSPS) is 11.6. The Morgan fingerprint density at radius 2 is 1.84 bits per heavy atom. The molecule has 7 heteroatoms. The number of carboxylic acid groups (broad SMARTS) is 1. The minimum Gasteiger partial charge on any atom is -0.480 e. The summed E-state index contributed by atoms with van der Waals surface area (Å²) in [5, 5.41) is 8.69. The van der Waals surface area contributed by atoms with Crippen molar-refractivity contribution in [2.45, 2.75) is 33.6 Å². The molecule has 0 saturated heterocycles. The summed E-state index contributed by atoms with van der Waals surface area (Å²) in [4.78, 5) is 23.6. The maximum absolute atomic E-state index is 11.8. The number of hydrogen-bond donors (Lipinski definition) is 1. The van der Waals surface area contributed by atoms with Gasteiger partial charge in [-0.15, -0.1) is 0 Å². The smallest absolute Gasteiger partial charge is 0.323 e. The molecule has 0 rings (SSSR count). The van der Waals surface area contributed by atoms with Gasteiger partial charge in [-0.2, -0.15) is 0 Å². The molecule has 1 amide bonds. The quantitative estimate of drug-likeness (QED) is 0.678. The van der Waals surface area contributed by atoms with E-state index in [1.165, 1.54) is 4.90 Å². The number of aliphatic carboxylic acids is 1. The second-order valence-electron chi connectivity index (χ2n) is 4.97. The van der Waals surface area contributed by atoms with E-state index in [1.54, 1.807) is 13.8 Å². The molecule has 0 radical (unpaired) electrons. The van der Waals surface area contributed by atoms with Crippen LogP contribution >= 0.6 is 0 Å². The molecule has 0 bridgehead atoms. The molecule has 0 fully saturated rings. The number of carbonyl (C=O) groups is 2. The molecular formula is C12H23NO5S. The van der Waals surface area contributed by atoms with Crippen molar-refractivity contribution in [1.29, 1.82) is 0 Å². The number of sulfone groups is 1. The summed E-state index contributed by atoms with van der Waals surface area (Å²) in [6, 6.07) is 0. The van der Waals surface area contributed by atoms with Gasteiger partial charge in [-0.1, -0.05) is 20.8 Å². The molecule has 0 spiro atoms. The van der Waals surface area contributed by atoms with Crippen molar-refractivity contribution in [2.24, 2.45) is 5.92 Å². The lowest BCUT2D eigenvalue weighted by atomic mass is 10.3. The van der Waals surface area contributed by atoms with Gasteiger partial charge in [0.25, 0.3) is 0 Å². The second kappa shape index (κ2) is 8.14. The van der Waals surface area contributed by atoms with Crippen molar-refractivity contribution in [3.8, 4) is 0 Å². The summed E-state index contributed by atoms with van der Waals surface area (Å²) in [6.45, 7) is 5.38. The number of hydrogen-bond acceptors (Lipinski definition) is 4.